The fourth-order valence-corrected chi connectivity index (χ4v) is 2.23. The van der Waals surface area contributed by atoms with Crippen LogP contribution in [0.5, 0.6) is 0 Å². The summed E-state index contributed by atoms with van der Waals surface area (Å²) >= 11 is 0. The van der Waals surface area contributed by atoms with Crippen molar-refractivity contribution in [2.45, 2.75) is 37.5 Å². The highest BCUT2D eigenvalue weighted by Gasteiger charge is 2.30. The van der Waals surface area contributed by atoms with E-state index in [4.69, 9.17) is 11.1 Å². The SMILES string of the molecule is N=C(N)NCCC[C@H](NC(=O)[C@@H]1C[C@@H](O)CN1)C(=O)NC[C]=O. The van der Waals surface area contributed by atoms with E-state index < -0.39 is 24.1 Å². The third-order valence-corrected chi connectivity index (χ3v) is 3.38. The molecule has 10 nitrogen and oxygen atoms in total. The van der Waals surface area contributed by atoms with Gasteiger partial charge < -0.3 is 32.1 Å². The number of hydrogen-bond donors (Lipinski definition) is 7. The largest absolute Gasteiger partial charge is 0.392 e. The molecule has 1 fully saturated rings. The topological polar surface area (TPSA) is 169 Å². The van der Waals surface area contributed by atoms with Gasteiger partial charge in [0, 0.05) is 13.1 Å². The highest BCUT2D eigenvalue weighted by atomic mass is 16.3. The highest BCUT2D eigenvalue weighted by Crippen LogP contribution is 2.07. The van der Waals surface area contributed by atoms with Gasteiger partial charge in [-0.05, 0) is 19.3 Å². The number of carbonyl (C=O) groups is 2. The second-order valence-electron chi connectivity index (χ2n) is 5.26. The number of nitrogens with two attached hydrogens (primary N) is 1. The summed E-state index contributed by atoms with van der Waals surface area (Å²) in [7, 11) is 0. The Labute approximate surface area is 134 Å². The summed E-state index contributed by atoms with van der Waals surface area (Å²) in [6.45, 7) is 0.462. The zero-order valence-electron chi connectivity index (χ0n) is 12.7. The summed E-state index contributed by atoms with van der Waals surface area (Å²) in [5, 5.41) is 26.9. The highest BCUT2D eigenvalue weighted by molar-refractivity contribution is 5.90. The van der Waals surface area contributed by atoms with Gasteiger partial charge in [0.05, 0.1) is 18.7 Å². The van der Waals surface area contributed by atoms with Crippen molar-refractivity contribution in [2.75, 3.05) is 19.6 Å². The second kappa shape index (κ2) is 9.74. The maximum atomic E-state index is 12.1. The Morgan fingerprint density at radius 1 is 1.43 bits per heavy atom. The van der Waals surface area contributed by atoms with Crippen molar-refractivity contribution in [1.29, 1.82) is 5.41 Å². The molecule has 0 spiro atoms. The van der Waals surface area contributed by atoms with Crippen LogP contribution in [0, 0.1) is 5.41 Å². The summed E-state index contributed by atoms with van der Waals surface area (Å²) in [6.07, 6.45) is 2.06. The molecule has 1 aliphatic rings. The third kappa shape index (κ3) is 7.06. The zero-order valence-corrected chi connectivity index (χ0v) is 12.7. The standard InChI is InChI=1S/C13H23N6O4/c14-13(15)17-3-1-2-9(11(22)16-4-5-20)19-12(23)10-6-8(21)7-18-10/h8-10,18,21H,1-4,6-7H2,(H,16,22)(H,19,23)(H4,14,15,17)/t8-,9+,10+/m1/s1. The molecule has 0 aromatic heterocycles. The van der Waals surface area contributed by atoms with Gasteiger partial charge in [-0.1, -0.05) is 0 Å². The minimum Gasteiger partial charge on any atom is -0.392 e. The van der Waals surface area contributed by atoms with Crippen molar-refractivity contribution >= 4 is 24.1 Å². The number of carbonyl (C=O) groups excluding carboxylic acids is 3. The minimum atomic E-state index is -0.816. The lowest BCUT2D eigenvalue weighted by Crippen LogP contribution is -2.51. The summed E-state index contributed by atoms with van der Waals surface area (Å²) in [5.74, 6) is -1.03. The quantitative estimate of drug-likeness (QED) is 0.132. The van der Waals surface area contributed by atoms with Crippen LogP contribution in [0.1, 0.15) is 19.3 Å². The predicted molar refractivity (Wildman–Crippen MR) is 82.2 cm³/mol. The molecular weight excluding hydrogens is 304 g/mol. The van der Waals surface area contributed by atoms with Gasteiger partial charge in [-0.2, -0.15) is 0 Å². The van der Waals surface area contributed by atoms with Gasteiger partial charge in [0.15, 0.2) is 5.96 Å². The Kier molecular flexibility index (Phi) is 7.98. The van der Waals surface area contributed by atoms with Crippen LogP contribution in [-0.2, 0) is 14.4 Å². The fraction of sp³-hybridized carbons (Fsp3) is 0.692. The molecule has 8 N–H and O–H groups in total. The fourth-order valence-electron chi connectivity index (χ4n) is 2.23. The van der Waals surface area contributed by atoms with E-state index in [-0.39, 0.29) is 24.8 Å². The Morgan fingerprint density at radius 3 is 2.74 bits per heavy atom. The maximum absolute atomic E-state index is 12.1. The Balaban J connectivity index is 2.51. The molecule has 129 valence electrons. The number of nitrogens with one attached hydrogen (secondary N) is 5. The third-order valence-electron chi connectivity index (χ3n) is 3.38. The molecule has 1 saturated heterocycles. The van der Waals surface area contributed by atoms with Crippen LogP contribution in [0.4, 0.5) is 0 Å². The molecule has 2 amide bonds. The van der Waals surface area contributed by atoms with Gasteiger partial charge in [0.25, 0.3) is 0 Å². The summed E-state index contributed by atoms with van der Waals surface area (Å²) < 4.78 is 0. The monoisotopic (exact) mass is 327 g/mol. The van der Waals surface area contributed by atoms with Gasteiger partial charge in [-0.15, -0.1) is 0 Å². The van der Waals surface area contributed by atoms with E-state index in [2.05, 4.69) is 21.3 Å². The molecule has 0 saturated carbocycles. The summed E-state index contributed by atoms with van der Waals surface area (Å²) in [4.78, 5) is 34.3. The van der Waals surface area contributed by atoms with Crippen LogP contribution >= 0.6 is 0 Å². The molecule has 1 rings (SSSR count). The number of guanidine groups is 1. The lowest BCUT2D eigenvalue weighted by Gasteiger charge is -2.20. The van der Waals surface area contributed by atoms with Gasteiger partial charge >= 0.3 is 0 Å². The minimum absolute atomic E-state index is 0.172. The van der Waals surface area contributed by atoms with Crippen LogP contribution < -0.4 is 27.0 Å². The molecule has 23 heavy (non-hydrogen) atoms. The number of hydrogen-bond acceptors (Lipinski definition) is 6. The second-order valence-corrected chi connectivity index (χ2v) is 5.26. The van der Waals surface area contributed by atoms with E-state index >= 15 is 0 Å². The summed E-state index contributed by atoms with van der Waals surface area (Å²) in [6, 6.07) is -1.36. The van der Waals surface area contributed by atoms with Gasteiger partial charge in [0.2, 0.25) is 18.1 Å². The molecule has 0 unspecified atom stereocenters. The Morgan fingerprint density at radius 2 is 2.17 bits per heavy atom. The van der Waals surface area contributed by atoms with E-state index in [0.29, 0.717) is 25.9 Å². The van der Waals surface area contributed by atoms with Crippen LogP contribution in [0.2, 0.25) is 0 Å². The molecule has 1 heterocycles. The van der Waals surface area contributed by atoms with Crippen molar-refractivity contribution in [3.05, 3.63) is 0 Å². The predicted octanol–water partition coefficient (Wildman–Crippen LogP) is -3.32. The maximum Gasteiger partial charge on any atom is 0.242 e. The molecule has 0 aromatic rings. The van der Waals surface area contributed by atoms with Crippen molar-refractivity contribution < 1.29 is 19.5 Å². The number of aliphatic hydroxyl groups is 1. The number of aliphatic hydroxyl groups excluding tert-OH is 1. The van der Waals surface area contributed by atoms with Gasteiger partial charge in [-0.3, -0.25) is 19.8 Å². The van der Waals surface area contributed by atoms with Gasteiger partial charge in [0.1, 0.15) is 6.04 Å². The normalized spacial score (nSPS) is 21.3. The molecule has 0 bridgehead atoms. The average molecular weight is 327 g/mol. The lowest BCUT2D eigenvalue weighted by atomic mass is 10.1. The molecule has 0 aromatic carbocycles. The van der Waals surface area contributed by atoms with Crippen molar-refractivity contribution in [1.82, 2.24) is 21.3 Å². The first-order chi connectivity index (χ1) is 10.9. The zero-order chi connectivity index (χ0) is 17.2. The van der Waals surface area contributed by atoms with Crippen molar-refractivity contribution in [3.8, 4) is 0 Å². The number of β-amino-alcohol motifs (C(OH)–C–C–N with tert-alkyl or cyclic N) is 1. The Hall–Kier alpha value is -2.20. The first kappa shape index (κ1) is 18.8. The first-order valence-corrected chi connectivity index (χ1v) is 7.36. The van der Waals surface area contributed by atoms with Gasteiger partial charge in [-0.25, -0.2) is 0 Å². The lowest BCUT2D eigenvalue weighted by molar-refractivity contribution is -0.130. The average Bonchev–Trinajstić information content (AvgIpc) is 2.94. The van der Waals surface area contributed by atoms with E-state index in [1.54, 1.807) is 6.29 Å². The Bertz CT molecular complexity index is 444. The number of amides is 2. The van der Waals surface area contributed by atoms with E-state index in [1.165, 1.54) is 0 Å². The van der Waals surface area contributed by atoms with Crippen LogP contribution in [0.15, 0.2) is 0 Å². The van der Waals surface area contributed by atoms with Crippen LogP contribution in [0.25, 0.3) is 0 Å². The van der Waals surface area contributed by atoms with Crippen LogP contribution in [-0.4, -0.2) is 67.0 Å². The smallest absolute Gasteiger partial charge is 0.242 e. The van der Waals surface area contributed by atoms with E-state index in [0.717, 1.165) is 0 Å². The van der Waals surface area contributed by atoms with Crippen LogP contribution in [0.3, 0.4) is 0 Å². The summed E-state index contributed by atoms with van der Waals surface area (Å²) in [5.41, 5.74) is 5.16. The molecular formula is C13H23N6O4. The van der Waals surface area contributed by atoms with E-state index in [1.807, 2.05) is 0 Å². The first-order valence-electron chi connectivity index (χ1n) is 7.36. The van der Waals surface area contributed by atoms with E-state index in [9.17, 15) is 19.5 Å². The molecule has 0 aliphatic carbocycles. The van der Waals surface area contributed by atoms with Crippen molar-refractivity contribution in [3.63, 3.8) is 0 Å². The molecule has 3 atom stereocenters. The molecule has 1 aliphatic heterocycles. The van der Waals surface area contributed by atoms with Crippen molar-refractivity contribution in [2.24, 2.45) is 5.73 Å². The molecule has 10 heteroatoms. The molecule has 1 radical (unpaired) electrons. The number of rotatable bonds is 9.